The molecule has 1 atom stereocenters. The average Bonchev–Trinajstić information content (AvgIpc) is 2.62. The highest BCUT2D eigenvalue weighted by atomic mass is 16.5. The van der Waals surface area contributed by atoms with Crippen molar-refractivity contribution in [2.45, 2.75) is 38.3 Å². The highest BCUT2D eigenvalue weighted by Gasteiger charge is 2.27. The maximum Gasteiger partial charge on any atom is 0.407 e. The molecule has 0 spiro atoms. The summed E-state index contributed by atoms with van der Waals surface area (Å²) in [6.45, 7) is 4.37. The number of hydrogen-bond donors (Lipinski definition) is 2. The molecular formula is C15H22N2O2. The van der Waals surface area contributed by atoms with E-state index >= 15 is 0 Å². The molecule has 104 valence electrons. The van der Waals surface area contributed by atoms with Crippen molar-refractivity contribution in [3.05, 3.63) is 35.9 Å². The van der Waals surface area contributed by atoms with Crippen molar-refractivity contribution in [2.24, 2.45) is 0 Å². The van der Waals surface area contributed by atoms with Crippen LogP contribution in [-0.2, 0) is 11.3 Å². The van der Waals surface area contributed by atoms with Crippen molar-refractivity contribution in [3.63, 3.8) is 0 Å². The third-order valence-corrected chi connectivity index (χ3v) is 3.55. The van der Waals surface area contributed by atoms with Crippen LogP contribution in [0.3, 0.4) is 0 Å². The van der Waals surface area contributed by atoms with Gasteiger partial charge in [0.25, 0.3) is 0 Å². The summed E-state index contributed by atoms with van der Waals surface area (Å²) in [7, 11) is 0. The van der Waals surface area contributed by atoms with Crippen LogP contribution in [0.15, 0.2) is 30.3 Å². The minimum absolute atomic E-state index is 0.155. The van der Waals surface area contributed by atoms with Crippen molar-refractivity contribution in [3.8, 4) is 0 Å². The topological polar surface area (TPSA) is 50.4 Å². The lowest BCUT2D eigenvalue weighted by atomic mass is 9.93. The Bertz CT molecular complexity index is 398. The highest BCUT2D eigenvalue weighted by molar-refractivity contribution is 5.68. The molecule has 4 heteroatoms. The molecule has 4 nitrogen and oxygen atoms in total. The Morgan fingerprint density at radius 2 is 2.11 bits per heavy atom. The predicted molar refractivity (Wildman–Crippen MR) is 74.9 cm³/mol. The molecule has 0 bridgehead atoms. The van der Waals surface area contributed by atoms with Gasteiger partial charge in [-0.05, 0) is 44.8 Å². The van der Waals surface area contributed by atoms with Crippen LogP contribution in [0.5, 0.6) is 0 Å². The van der Waals surface area contributed by atoms with Crippen molar-refractivity contribution in [1.82, 2.24) is 10.6 Å². The third kappa shape index (κ3) is 4.56. The zero-order valence-electron chi connectivity index (χ0n) is 11.4. The molecule has 1 aromatic rings. The minimum Gasteiger partial charge on any atom is -0.445 e. The van der Waals surface area contributed by atoms with Crippen LogP contribution in [0.1, 0.15) is 31.7 Å². The first-order valence-corrected chi connectivity index (χ1v) is 6.88. The van der Waals surface area contributed by atoms with E-state index in [0.29, 0.717) is 6.61 Å². The number of rotatable bonds is 3. The SMILES string of the molecule is C[C@@]1(NC(=O)OCc2ccccc2)CCCNCC1. The van der Waals surface area contributed by atoms with Gasteiger partial charge in [0.15, 0.2) is 0 Å². The number of alkyl carbamates (subject to hydrolysis) is 1. The molecule has 1 amide bonds. The molecule has 2 rings (SSSR count). The van der Waals surface area contributed by atoms with Crippen LogP contribution in [0, 0.1) is 0 Å². The predicted octanol–water partition coefficient (Wildman–Crippen LogP) is 2.45. The Labute approximate surface area is 114 Å². The maximum absolute atomic E-state index is 11.8. The number of carbonyl (C=O) groups excluding carboxylic acids is 1. The van der Waals surface area contributed by atoms with E-state index in [2.05, 4.69) is 17.6 Å². The van der Waals surface area contributed by atoms with E-state index in [0.717, 1.165) is 37.9 Å². The Kier molecular flexibility index (Phi) is 4.80. The largest absolute Gasteiger partial charge is 0.445 e. The molecule has 0 aromatic heterocycles. The molecule has 0 radical (unpaired) electrons. The van der Waals surface area contributed by atoms with Gasteiger partial charge < -0.3 is 15.4 Å². The lowest BCUT2D eigenvalue weighted by Crippen LogP contribution is -2.46. The molecule has 1 heterocycles. The minimum atomic E-state index is -0.326. The second-order valence-corrected chi connectivity index (χ2v) is 5.35. The molecule has 2 N–H and O–H groups in total. The van der Waals surface area contributed by atoms with Crippen LogP contribution >= 0.6 is 0 Å². The summed E-state index contributed by atoms with van der Waals surface area (Å²) in [6.07, 6.45) is 2.68. The van der Waals surface area contributed by atoms with Gasteiger partial charge >= 0.3 is 6.09 Å². The molecule has 1 fully saturated rings. The van der Waals surface area contributed by atoms with Gasteiger partial charge in [0.2, 0.25) is 0 Å². The molecule has 1 aromatic carbocycles. The Morgan fingerprint density at radius 1 is 1.32 bits per heavy atom. The van der Waals surface area contributed by atoms with Crippen molar-refractivity contribution < 1.29 is 9.53 Å². The number of amides is 1. The summed E-state index contributed by atoms with van der Waals surface area (Å²) >= 11 is 0. The molecule has 1 saturated heterocycles. The summed E-state index contributed by atoms with van der Waals surface area (Å²) in [5.41, 5.74) is 0.849. The summed E-state index contributed by atoms with van der Waals surface area (Å²) in [4.78, 5) is 11.8. The number of carbonyl (C=O) groups is 1. The van der Waals surface area contributed by atoms with E-state index < -0.39 is 0 Å². The quantitative estimate of drug-likeness (QED) is 0.879. The average molecular weight is 262 g/mol. The van der Waals surface area contributed by atoms with Crippen LogP contribution < -0.4 is 10.6 Å². The highest BCUT2D eigenvalue weighted by Crippen LogP contribution is 2.18. The normalized spacial score (nSPS) is 23.4. The molecule has 0 unspecified atom stereocenters. The third-order valence-electron chi connectivity index (χ3n) is 3.55. The first-order valence-electron chi connectivity index (χ1n) is 6.88. The molecule has 0 aliphatic carbocycles. The van der Waals surface area contributed by atoms with Crippen LogP contribution in [0.4, 0.5) is 4.79 Å². The standard InChI is InChI=1S/C15H22N2O2/c1-15(8-5-10-16-11-9-15)17-14(18)19-12-13-6-3-2-4-7-13/h2-4,6-7,16H,5,8-12H2,1H3,(H,17,18)/t15-/m1/s1. The second-order valence-electron chi connectivity index (χ2n) is 5.35. The van der Waals surface area contributed by atoms with E-state index in [1.165, 1.54) is 0 Å². The van der Waals surface area contributed by atoms with Gasteiger partial charge in [-0.25, -0.2) is 4.79 Å². The lowest BCUT2D eigenvalue weighted by Gasteiger charge is -2.28. The molecule has 1 aliphatic heterocycles. The number of benzene rings is 1. The fraction of sp³-hybridized carbons (Fsp3) is 0.533. The first-order chi connectivity index (χ1) is 9.18. The van der Waals surface area contributed by atoms with Gasteiger partial charge in [-0.1, -0.05) is 30.3 Å². The lowest BCUT2D eigenvalue weighted by molar-refractivity contribution is 0.126. The zero-order valence-corrected chi connectivity index (χ0v) is 11.4. The van der Waals surface area contributed by atoms with Crippen LogP contribution in [0.2, 0.25) is 0 Å². The van der Waals surface area contributed by atoms with Crippen molar-refractivity contribution in [1.29, 1.82) is 0 Å². The zero-order chi connectivity index (χ0) is 13.6. The van der Waals surface area contributed by atoms with Crippen molar-refractivity contribution in [2.75, 3.05) is 13.1 Å². The van der Waals surface area contributed by atoms with Crippen molar-refractivity contribution >= 4 is 6.09 Å². The van der Waals surface area contributed by atoms with Gasteiger partial charge in [0.1, 0.15) is 6.61 Å². The Hall–Kier alpha value is -1.55. The van der Waals surface area contributed by atoms with E-state index in [1.807, 2.05) is 30.3 Å². The van der Waals surface area contributed by atoms with Crippen LogP contribution in [0.25, 0.3) is 0 Å². The summed E-state index contributed by atoms with van der Waals surface area (Å²) in [5.74, 6) is 0. The van der Waals surface area contributed by atoms with E-state index in [9.17, 15) is 4.79 Å². The molecule has 0 saturated carbocycles. The summed E-state index contributed by atoms with van der Waals surface area (Å²) in [5, 5.41) is 6.35. The van der Waals surface area contributed by atoms with Gasteiger partial charge in [-0.3, -0.25) is 0 Å². The Balaban J connectivity index is 1.80. The fourth-order valence-electron chi connectivity index (χ4n) is 2.35. The number of hydrogen-bond acceptors (Lipinski definition) is 3. The maximum atomic E-state index is 11.8. The van der Waals surface area contributed by atoms with E-state index in [4.69, 9.17) is 4.74 Å². The first kappa shape index (κ1) is 13.9. The van der Waals surface area contributed by atoms with Crippen LogP contribution in [-0.4, -0.2) is 24.7 Å². The number of ether oxygens (including phenoxy) is 1. The Morgan fingerprint density at radius 3 is 2.89 bits per heavy atom. The van der Waals surface area contributed by atoms with E-state index in [-0.39, 0.29) is 11.6 Å². The van der Waals surface area contributed by atoms with Gasteiger partial charge in [0, 0.05) is 5.54 Å². The van der Waals surface area contributed by atoms with Gasteiger partial charge in [-0.15, -0.1) is 0 Å². The van der Waals surface area contributed by atoms with E-state index in [1.54, 1.807) is 0 Å². The van der Waals surface area contributed by atoms with Gasteiger partial charge in [-0.2, -0.15) is 0 Å². The molecule has 1 aliphatic rings. The number of nitrogens with one attached hydrogen (secondary N) is 2. The fourth-order valence-corrected chi connectivity index (χ4v) is 2.35. The molecule has 19 heavy (non-hydrogen) atoms. The smallest absolute Gasteiger partial charge is 0.407 e. The van der Waals surface area contributed by atoms with Gasteiger partial charge in [0.05, 0.1) is 0 Å². The second kappa shape index (κ2) is 6.57. The summed E-state index contributed by atoms with van der Waals surface area (Å²) < 4.78 is 5.27. The monoisotopic (exact) mass is 262 g/mol. The molecular weight excluding hydrogens is 240 g/mol. The summed E-state index contributed by atoms with van der Waals surface area (Å²) in [6, 6.07) is 9.72.